The van der Waals surface area contributed by atoms with Crippen LogP contribution in [-0.2, 0) is 19.0 Å². The summed E-state index contributed by atoms with van der Waals surface area (Å²) in [5.41, 5.74) is 0.351. The zero-order valence-corrected chi connectivity index (χ0v) is 15.0. The second-order valence-electron chi connectivity index (χ2n) is 5.81. The minimum absolute atomic E-state index is 0.0271. The quantitative estimate of drug-likeness (QED) is 0.615. The van der Waals surface area contributed by atoms with Crippen molar-refractivity contribution in [2.24, 2.45) is 4.99 Å². The molecule has 0 saturated carbocycles. The number of benzene rings is 1. The first-order chi connectivity index (χ1) is 12.5. The number of nitrogens with one attached hydrogen (secondary N) is 2. The zero-order valence-electron chi connectivity index (χ0n) is 14.1. The van der Waals surface area contributed by atoms with E-state index in [9.17, 15) is 13.2 Å². The van der Waals surface area contributed by atoms with E-state index in [0.29, 0.717) is 30.5 Å². The highest BCUT2D eigenvalue weighted by molar-refractivity contribution is 7.09. The van der Waals surface area contributed by atoms with Gasteiger partial charge in [-0.25, -0.2) is 4.98 Å². The summed E-state index contributed by atoms with van der Waals surface area (Å²) >= 11 is 1.01. The molecule has 2 aromatic rings. The van der Waals surface area contributed by atoms with Crippen molar-refractivity contribution in [2.45, 2.75) is 25.1 Å². The van der Waals surface area contributed by atoms with E-state index >= 15 is 0 Å². The van der Waals surface area contributed by atoms with Crippen molar-refractivity contribution in [2.75, 3.05) is 20.1 Å². The third-order valence-corrected chi connectivity index (χ3v) is 4.82. The van der Waals surface area contributed by atoms with Crippen LogP contribution in [0.15, 0.2) is 34.6 Å². The van der Waals surface area contributed by atoms with Gasteiger partial charge >= 0.3 is 6.18 Å². The SMILES string of the molecule is CN=C(NCCc1nc(C(F)(F)F)cs1)NCC1Cc2ccccc2O1. The van der Waals surface area contributed by atoms with Crippen molar-refractivity contribution in [3.63, 3.8) is 0 Å². The average Bonchev–Trinajstić information content (AvgIpc) is 3.24. The Balaban J connectivity index is 1.41. The molecule has 1 aromatic carbocycles. The number of aromatic nitrogens is 1. The largest absolute Gasteiger partial charge is 0.488 e. The lowest BCUT2D eigenvalue weighted by Gasteiger charge is -2.15. The Labute approximate surface area is 153 Å². The number of hydrogen-bond donors (Lipinski definition) is 2. The summed E-state index contributed by atoms with van der Waals surface area (Å²) in [5.74, 6) is 1.49. The Morgan fingerprint density at radius 3 is 2.85 bits per heavy atom. The van der Waals surface area contributed by atoms with Gasteiger partial charge in [-0.1, -0.05) is 18.2 Å². The third-order valence-electron chi connectivity index (χ3n) is 3.91. The highest BCUT2D eigenvalue weighted by atomic mass is 32.1. The van der Waals surface area contributed by atoms with Crippen LogP contribution < -0.4 is 15.4 Å². The van der Waals surface area contributed by atoms with Crippen molar-refractivity contribution >= 4 is 17.3 Å². The average molecular weight is 384 g/mol. The van der Waals surface area contributed by atoms with Crippen LogP contribution in [-0.4, -0.2) is 37.2 Å². The molecule has 0 bridgehead atoms. The minimum atomic E-state index is -4.39. The van der Waals surface area contributed by atoms with E-state index < -0.39 is 11.9 Å². The maximum Gasteiger partial charge on any atom is 0.434 e. The number of aliphatic imine (C=N–C) groups is 1. The molecule has 0 spiro atoms. The predicted molar refractivity (Wildman–Crippen MR) is 94.7 cm³/mol. The van der Waals surface area contributed by atoms with Gasteiger partial charge in [-0.15, -0.1) is 11.3 Å². The molecule has 140 valence electrons. The van der Waals surface area contributed by atoms with Crippen molar-refractivity contribution in [3.8, 4) is 5.75 Å². The maximum absolute atomic E-state index is 12.5. The van der Waals surface area contributed by atoms with Gasteiger partial charge in [-0.05, 0) is 11.6 Å². The molecule has 0 radical (unpaired) electrons. The predicted octanol–water partition coefficient (Wildman–Crippen LogP) is 2.87. The number of fused-ring (bicyclic) bond motifs is 1. The van der Waals surface area contributed by atoms with Crippen LogP contribution in [0.3, 0.4) is 0 Å². The molecule has 0 fully saturated rings. The van der Waals surface area contributed by atoms with Gasteiger partial charge < -0.3 is 15.4 Å². The Hall–Kier alpha value is -2.29. The summed E-state index contributed by atoms with van der Waals surface area (Å²) in [4.78, 5) is 7.73. The van der Waals surface area contributed by atoms with Gasteiger partial charge in [-0.3, -0.25) is 4.99 Å². The maximum atomic E-state index is 12.5. The highest BCUT2D eigenvalue weighted by Gasteiger charge is 2.33. The molecule has 1 unspecified atom stereocenters. The number of ether oxygens (including phenoxy) is 1. The fourth-order valence-electron chi connectivity index (χ4n) is 2.64. The topological polar surface area (TPSA) is 58.5 Å². The van der Waals surface area contributed by atoms with Crippen LogP contribution >= 0.6 is 11.3 Å². The van der Waals surface area contributed by atoms with E-state index in [1.807, 2.05) is 24.3 Å². The van der Waals surface area contributed by atoms with E-state index in [2.05, 4.69) is 20.6 Å². The van der Waals surface area contributed by atoms with Gasteiger partial charge in [0, 0.05) is 31.8 Å². The lowest BCUT2D eigenvalue weighted by molar-refractivity contribution is -0.140. The summed E-state index contributed by atoms with van der Waals surface area (Å²) < 4.78 is 43.5. The Bertz CT molecular complexity index is 750. The van der Waals surface area contributed by atoms with E-state index in [0.717, 1.165) is 28.9 Å². The number of halogens is 3. The van der Waals surface area contributed by atoms with Crippen molar-refractivity contribution in [3.05, 3.63) is 45.9 Å². The van der Waals surface area contributed by atoms with Crippen LogP contribution in [0, 0.1) is 0 Å². The van der Waals surface area contributed by atoms with E-state index in [1.54, 1.807) is 7.05 Å². The smallest absolute Gasteiger partial charge is 0.434 e. The Kier molecular flexibility index (Phi) is 5.65. The molecule has 9 heteroatoms. The highest BCUT2D eigenvalue weighted by Crippen LogP contribution is 2.30. The number of nitrogens with zero attached hydrogens (tertiary/aromatic N) is 2. The number of guanidine groups is 1. The molecule has 0 aliphatic carbocycles. The normalized spacial score (nSPS) is 16.9. The summed E-state index contributed by atoms with van der Waals surface area (Å²) in [6, 6.07) is 7.93. The zero-order chi connectivity index (χ0) is 18.6. The summed E-state index contributed by atoms with van der Waals surface area (Å²) in [6.07, 6.45) is -3.13. The van der Waals surface area contributed by atoms with Crippen LogP contribution in [0.4, 0.5) is 13.2 Å². The molecule has 2 N–H and O–H groups in total. The molecule has 0 saturated heterocycles. The van der Waals surface area contributed by atoms with Gasteiger partial charge in [0.25, 0.3) is 0 Å². The molecule has 2 heterocycles. The van der Waals surface area contributed by atoms with E-state index in [1.165, 1.54) is 5.56 Å². The molecule has 1 aliphatic heterocycles. The standard InChI is InChI=1S/C17H19F3N4OS/c1-21-16(22-7-6-15-24-14(10-26-15)17(18,19)20)23-9-12-8-11-4-2-3-5-13(11)25-12/h2-5,10,12H,6-9H2,1H3,(H2,21,22,23). The first-order valence-electron chi connectivity index (χ1n) is 8.16. The fourth-order valence-corrected chi connectivity index (χ4v) is 3.45. The van der Waals surface area contributed by atoms with Gasteiger partial charge in [0.05, 0.1) is 11.6 Å². The Morgan fingerprint density at radius 2 is 2.15 bits per heavy atom. The fraction of sp³-hybridized carbons (Fsp3) is 0.412. The van der Waals surface area contributed by atoms with Gasteiger partial charge in [-0.2, -0.15) is 13.2 Å². The lowest BCUT2D eigenvalue weighted by Crippen LogP contribution is -2.42. The number of rotatable bonds is 5. The van der Waals surface area contributed by atoms with Crippen LogP contribution in [0.1, 0.15) is 16.3 Å². The monoisotopic (exact) mass is 384 g/mol. The second kappa shape index (κ2) is 7.94. The molecule has 1 atom stereocenters. The molecular weight excluding hydrogens is 365 g/mol. The molecule has 3 rings (SSSR count). The molecule has 5 nitrogen and oxygen atoms in total. The molecule has 0 amide bonds. The number of alkyl halides is 3. The van der Waals surface area contributed by atoms with Gasteiger partial charge in [0.1, 0.15) is 11.9 Å². The number of hydrogen-bond acceptors (Lipinski definition) is 4. The first-order valence-corrected chi connectivity index (χ1v) is 9.04. The van der Waals surface area contributed by atoms with Gasteiger partial charge in [0.2, 0.25) is 0 Å². The van der Waals surface area contributed by atoms with Crippen molar-refractivity contribution in [1.29, 1.82) is 0 Å². The van der Waals surface area contributed by atoms with Crippen LogP contribution in [0.5, 0.6) is 5.75 Å². The third kappa shape index (κ3) is 4.66. The lowest BCUT2D eigenvalue weighted by atomic mass is 10.1. The van der Waals surface area contributed by atoms with Crippen LogP contribution in [0.2, 0.25) is 0 Å². The number of thiazole rings is 1. The number of para-hydroxylation sites is 1. The molecule has 26 heavy (non-hydrogen) atoms. The van der Waals surface area contributed by atoms with Crippen molar-refractivity contribution < 1.29 is 17.9 Å². The second-order valence-corrected chi connectivity index (χ2v) is 6.75. The summed E-state index contributed by atoms with van der Waals surface area (Å²) in [5, 5.41) is 7.74. The van der Waals surface area contributed by atoms with Crippen LogP contribution in [0.25, 0.3) is 0 Å². The summed E-state index contributed by atoms with van der Waals surface area (Å²) in [6.45, 7) is 1.03. The molecule has 1 aromatic heterocycles. The van der Waals surface area contributed by atoms with Gasteiger partial charge in [0.15, 0.2) is 11.7 Å². The minimum Gasteiger partial charge on any atom is -0.488 e. The summed E-state index contributed by atoms with van der Waals surface area (Å²) in [7, 11) is 1.64. The van der Waals surface area contributed by atoms with Crippen molar-refractivity contribution in [1.82, 2.24) is 15.6 Å². The first kappa shape index (κ1) is 18.5. The van der Waals surface area contributed by atoms with E-state index in [4.69, 9.17) is 4.74 Å². The molecular formula is C17H19F3N4OS. The molecule has 1 aliphatic rings. The Morgan fingerprint density at radius 1 is 1.35 bits per heavy atom. The van der Waals surface area contributed by atoms with E-state index in [-0.39, 0.29) is 6.10 Å².